The van der Waals surface area contributed by atoms with Gasteiger partial charge in [0.05, 0.1) is 6.10 Å². The van der Waals surface area contributed by atoms with E-state index in [0.29, 0.717) is 6.42 Å². The average Bonchev–Trinajstić information content (AvgIpc) is 2.12. The minimum absolute atomic E-state index is 0.137. The molecule has 1 atom stereocenters. The Morgan fingerprint density at radius 3 is 2.25 bits per heavy atom. The molecular weight excluding hydrogens is 216 g/mol. The summed E-state index contributed by atoms with van der Waals surface area (Å²) in [6.45, 7) is 13.4. The normalized spacial score (nSPS) is 14.9. The zero-order chi connectivity index (χ0) is 12.8. The van der Waals surface area contributed by atoms with Crippen molar-refractivity contribution in [3.63, 3.8) is 0 Å². The molecule has 0 amide bonds. The van der Waals surface area contributed by atoms with E-state index < -0.39 is 8.32 Å². The summed E-state index contributed by atoms with van der Waals surface area (Å²) in [7, 11) is -1.71. The molecular formula is C13H28O2Si. The van der Waals surface area contributed by atoms with Gasteiger partial charge in [0.1, 0.15) is 6.29 Å². The molecule has 0 fully saturated rings. The van der Waals surface area contributed by atoms with E-state index in [1.165, 1.54) is 0 Å². The first kappa shape index (κ1) is 15.8. The highest BCUT2D eigenvalue weighted by Crippen LogP contribution is 2.38. The Hall–Kier alpha value is -0.153. The van der Waals surface area contributed by atoms with Crippen molar-refractivity contribution >= 4 is 14.6 Å². The van der Waals surface area contributed by atoms with E-state index in [0.717, 1.165) is 25.5 Å². The molecule has 0 saturated heterocycles. The van der Waals surface area contributed by atoms with Crippen LogP contribution >= 0.6 is 0 Å². The first-order chi connectivity index (χ1) is 7.24. The van der Waals surface area contributed by atoms with E-state index in [9.17, 15) is 4.79 Å². The largest absolute Gasteiger partial charge is 0.414 e. The van der Waals surface area contributed by atoms with Gasteiger partial charge in [0, 0.05) is 6.42 Å². The summed E-state index contributed by atoms with van der Waals surface area (Å²) in [4.78, 5) is 10.6. The van der Waals surface area contributed by atoms with Crippen molar-refractivity contribution in [3.05, 3.63) is 0 Å². The molecule has 0 rings (SSSR count). The molecule has 0 unspecified atom stereocenters. The van der Waals surface area contributed by atoms with Crippen molar-refractivity contribution in [2.24, 2.45) is 0 Å². The van der Waals surface area contributed by atoms with Crippen molar-refractivity contribution in [2.45, 2.75) is 77.6 Å². The third-order valence-electron chi connectivity index (χ3n) is 3.51. The molecule has 0 N–H and O–H groups in total. The summed E-state index contributed by atoms with van der Waals surface area (Å²) in [5.74, 6) is 0. The molecule has 0 spiro atoms. The van der Waals surface area contributed by atoms with E-state index in [1.807, 2.05) is 0 Å². The van der Waals surface area contributed by atoms with E-state index in [2.05, 4.69) is 40.8 Å². The maximum absolute atomic E-state index is 10.6. The molecule has 0 saturated carbocycles. The Kier molecular flexibility index (Phi) is 6.49. The SMILES string of the molecule is CCCC[C@H](CC=O)O[Si](C)(C)C(C)(C)C. The topological polar surface area (TPSA) is 26.3 Å². The van der Waals surface area contributed by atoms with E-state index >= 15 is 0 Å². The maximum atomic E-state index is 10.6. The van der Waals surface area contributed by atoms with Crippen LogP contribution in [0.1, 0.15) is 53.4 Å². The van der Waals surface area contributed by atoms with Gasteiger partial charge in [-0.3, -0.25) is 0 Å². The molecule has 0 aliphatic rings. The Balaban J connectivity index is 4.42. The average molecular weight is 244 g/mol. The quantitative estimate of drug-likeness (QED) is 0.496. The molecule has 3 heteroatoms. The van der Waals surface area contributed by atoms with Crippen LogP contribution in [-0.4, -0.2) is 20.7 Å². The number of aldehydes is 1. The van der Waals surface area contributed by atoms with Crippen molar-refractivity contribution in [1.82, 2.24) is 0 Å². The zero-order valence-corrected chi connectivity index (χ0v) is 12.8. The van der Waals surface area contributed by atoms with Gasteiger partial charge >= 0.3 is 0 Å². The number of rotatable bonds is 7. The third-order valence-corrected chi connectivity index (χ3v) is 8.04. The Bertz CT molecular complexity index is 206. The van der Waals surface area contributed by atoms with Crippen LogP contribution in [0, 0.1) is 0 Å². The lowest BCUT2D eigenvalue weighted by molar-refractivity contribution is -0.109. The Labute approximate surface area is 102 Å². The van der Waals surface area contributed by atoms with Gasteiger partial charge in [0.15, 0.2) is 8.32 Å². The van der Waals surface area contributed by atoms with E-state index in [1.54, 1.807) is 0 Å². The van der Waals surface area contributed by atoms with Crippen LogP contribution < -0.4 is 0 Å². The van der Waals surface area contributed by atoms with Crippen LogP contribution in [0.25, 0.3) is 0 Å². The molecule has 0 aliphatic carbocycles. The number of unbranched alkanes of at least 4 members (excludes halogenated alkanes) is 1. The number of carbonyl (C=O) groups excluding carboxylic acids is 1. The number of hydrogen-bond acceptors (Lipinski definition) is 2. The van der Waals surface area contributed by atoms with Gasteiger partial charge in [-0.1, -0.05) is 40.5 Å². The Morgan fingerprint density at radius 1 is 1.31 bits per heavy atom. The van der Waals surface area contributed by atoms with Gasteiger partial charge in [-0.2, -0.15) is 0 Å². The highest BCUT2D eigenvalue weighted by atomic mass is 28.4. The number of hydrogen-bond donors (Lipinski definition) is 0. The monoisotopic (exact) mass is 244 g/mol. The van der Waals surface area contributed by atoms with Gasteiger partial charge in [-0.05, 0) is 24.6 Å². The smallest absolute Gasteiger partial charge is 0.192 e. The van der Waals surface area contributed by atoms with Crippen molar-refractivity contribution in [3.8, 4) is 0 Å². The molecule has 0 bridgehead atoms. The first-order valence-corrected chi connectivity index (χ1v) is 9.27. The predicted molar refractivity (Wildman–Crippen MR) is 72.3 cm³/mol. The number of carbonyl (C=O) groups is 1. The molecule has 0 aromatic rings. The summed E-state index contributed by atoms with van der Waals surface area (Å²) in [5, 5.41) is 0.223. The fraction of sp³-hybridized carbons (Fsp3) is 0.923. The summed E-state index contributed by atoms with van der Waals surface area (Å²) in [6, 6.07) is 0. The zero-order valence-electron chi connectivity index (χ0n) is 11.8. The maximum Gasteiger partial charge on any atom is 0.192 e. The van der Waals surface area contributed by atoms with Gasteiger partial charge in [0.25, 0.3) is 0 Å². The van der Waals surface area contributed by atoms with Crippen molar-refractivity contribution < 1.29 is 9.22 Å². The minimum atomic E-state index is -1.71. The fourth-order valence-corrected chi connectivity index (χ4v) is 2.76. The summed E-state index contributed by atoms with van der Waals surface area (Å²) >= 11 is 0. The van der Waals surface area contributed by atoms with Crippen molar-refractivity contribution in [2.75, 3.05) is 0 Å². The highest BCUT2D eigenvalue weighted by Gasteiger charge is 2.38. The summed E-state index contributed by atoms with van der Waals surface area (Å²) in [5.41, 5.74) is 0. The standard InChI is InChI=1S/C13H28O2Si/c1-7-8-9-12(10-11-14)15-16(5,6)13(2,3)4/h11-12H,7-10H2,1-6H3/t12-/m1/s1. The molecule has 96 valence electrons. The van der Waals surface area contributed by atoms with Gasteiger partial charge in [0.2, 0.25) is 0 Å². The molecule has 2 nitrogen and oxygen atoms in total. The van der Waals surface area contributed by atoms with Gasteiger partial charge < -0.3 is 9.22 Å². The predicted octanol–water partition coefficient (Wildman–Crippen LogP) is 4.16. The second-order valence-electron chi connectivity index (χ2n) is 6.04. The lowest BCUT2D eigenvalue weighted by atomic mass is 10.1. The molecule has 0 aliphatic heterocycles. The van der Waals surface area contributed by atoms with E-state index in [4.69, 9.17) is 4.43 Å². The molecule has 0 aromatic carbocycles. The van der Waals surface area contributed by atoms with Crippen LogP contribution in [0.5, 0.6) is 0 Å². The van der Waals surface area contributed by atoms with Crippen molar-refractivity contribution in [1.29, 1.82) is 0 Å². The minimum Gasteiger partial charge on any atom is -0.414 e. The summed E-state index contributed by atoms with van der Waals surface area (Å²) < 4.78 is 6.25. The lowest BCUT2D eigenvalue weighted by Gasteiger charge is -2.39. The van der Waals surface area contributed by atoms with E-state index in [-0.39, 0.29) is 11.1 Å². The second-order valence-corrected chi connectivity index (χ2v) is 10.8. The summed E-state index contributed by atoms with van der Waals surface area (Å²) in [6.07, 6.45) is 5.00. The highest BCUT2D eigenvalue weighted by molar-refractivity contribution is 6.74. The van der Waals surface area contributed by atoms with Crippen LogP contribution in [0.15, 0.2) is 0 Å². The molecule has 0 radical (unpaired) electrons. The molecule has 0 aromatic heterocycles. The third kappa shape index (κ3) is 5.26. The van der Waals surface area contributed by atoms with Crippen LogP contribution in [0.4, 0.5) is 0 Å². The fourth-order valence-electron chi connectivity index (χ4n) is 1.36. The van der Waals surface area contributed by atoms with Gasteiger partial charge in [-0.15, -0.1) is 0 Å². The lowest BCUT2D eigenvalue weighted by Crippen LogP contribution is -2.44. The Morgan fingerprint density at radius 2 is 1.88 bits per heavy atom. The van der Waals surface area contributed by atoms with Crippen LogP contribution in [-0.2, 0) is 9.22 Å². The molecule has 0 heterocycles. The molecule has 16 heavy (non-hydrogen) atoms. The van der Waals surface area contributed by atoms with Crippen LogP contribution in [0.3, 0.4) is 0 Å². The van der Waals surface area contributed by atoms with Crippen LogP contribution in [0.2, 0.25) is 18.1 Å². The second kappa shape index (κ2) is 6.55. The van der Waals surface area contributed by atoms with Gasteiger partial charge in [-0.25, -0.2) is 0 Å². The first-order valence-electron chi connectivity index (χ1n) is 6.36.